The van der Waals surface area contributed by atoms with Crippen LogP contribution in [0.1, 0.15) is 45.6 Å². The molecule has 0 radical (unpaired) electrons. The second kappa shape index (κ2) is 6.40. The Morgan fingerprint density at radius 3 is 2.48 bits per heavy atom. The molecule has 1 heterocycles. The summed E-state index contributed by atoms with van der Waals surface area (Å²) in [4.78, 5) is 12.1. The Labute approximate surface area is 148 Å². The Balaban J connectivity index is 1.97. The SMILES string of the molecule is C=C(C)[C@H](CC1=C(C)C(=O)OC(C)(C)O1)c1ccc2ccccc2c1. The Morgan fingerprint density at radius 1 is 1.12 bits per heavy atom. The van der Waals surface area contributed by atoms with Crippen molar-refractivity contribution in [3.8, 4) is 0 Å². The number of hydrogen-bond acceptors (Lipinski definition) is 3. The van der Waals surface area contributed by atoms with E-state index < -0.39 is 5.79 Å². The average molecular weight is 336 g/mol. The minimum absolute atomic E-state index is 0.0799. The molecular formula is C22H24O3. The molecule has 0 aliphatic carbocycles. The van der Waals surface area contributed by atoms with Crippen LogP contribution in [0, 0.1) is 0 Å². The maximum absolute atomic E-state index is 12.1. The normalized spacial score (nSPS) is 17.8. The second-order valence-electron chi connectivity index (χ2n) is 7.15. The van der Waals surface area contributed by atoms with Crippen LogP contribution in [0.4, 0.5) is 0 Å². The monoisotopic (exact) mass is 336 g/mol. The molecule has 0 aromatic heterocycles. The molecule has 0 saturated carbocycles. The van der Waals surface area contributed by atoms with Gasteiger partial charge in [-0.15, -0.1) is 0 Å². The van der Waals surface area contributed by atoms with Gasteiger partial charge in [-0.05, 0) is 30.2 Å². The van der Waals surface area contributed by atoms with Crippen LogP contribution in [0.3, 0.4) is 0 Å². The second-order valence-corrected chi connectivity index (χ2v) is 7.15. The van der Waals surface area contributed by atoms with E-state index in [0.29, 0.717) is 17.8 Å². The number of fused-ring (bicyclic) bond motifs is 1. The fourth-order valence-electron chi connectivity index (χ4n) is 3.19. The van der Waals surface area contributed by atoms with Gasteiger partial charge in [0.25, 0.3) is 0 Å². The number of benzene rings is 2. The molecule has 3 heteroatoms. The van der Waals surface area contributed by atoms with E-state index in [-0.39, 0.29) is 11.9 Å². The van der Waals surface area contributed by atoms with E-state index in [0.717, 1.165) is 5.57 Å². The highest BCUT2D eigenvalue weighted by Crippen LogP contribution is 2.37. The van der Waals surface area contributed by atoms with Crippen molar-refractivity contribution in [3.05, 3.63) is 71.5 Å². The summed E-state index contributed by atoms with van der Waals surface area (Å²) in [6.45, 7) is 11.4. The van der Waals surface area contributed by atoms with Crippen LogP contribution < -0.4 is 0 Å². The summed E-state index contributed by atoms with van der Waals surface area (Å²) in [5.41, 5.74) is 2.74. The first-order chi connectivity index (χ1) is 11.8. The minimum Gasteiger partial charge on any atom is -0.457 e. The Morgan fingerprint density at radius 2 is 1.80 bits per heavy atom. The predicted octanol–water partition coefficient (Wildman–Crippen LogP) is 5.47. The Kier molecular flexibility index (Phi) is 4.42. The number of hydrogen-bond donors (Lipinski definition) is 0. The average Bonchev–Trinajstić information content (AvgIpc) is 2.55. The van der Waals surface area contributed by atoms with Gasteiger partial charge in [-0.2, -0.15) is 0 Å². The fourth-order valence-corrected chi connectivity index (χ4v) is 3.19. The van der Waals surface area contributed by atoms with E-state index >= 15 is 0 Å². The molecule has 0 spiro atoms. The van der Waals surface area contributed by atoms with Crippen molar-refractivity contribution < 1.29 is 14.3 Å². The lowest BCUT2D eigenvalue weighted by atomic mass is 9.87. The smallest absolute Gasteiger partial charge is 0.340 e. The van der Waals surface area contributed by atoms with Gasteiger partial charge in [0.05, 0.1) is 5.57 Å². The molecule has 0 fully saturated rings. The zero-order chi connectivity index (χ0) is 18.2. The van der Waals surface area contributed by atoms with Gasteiger partial charge >= 0.3 is 5.97 Å². The number of carbonyl (C=O) groups excluding carboxylic acids is 1. The first-order valence-electron chi connectivity index (χ1n) is 8.53. The van der Waals surface area contributed by atoms with E-state index in [1.165, 1.54) is 16.3 Å². The van der Waals surface area contributed by atoms with Crippen molar-refractivity contribution in [3.63, 3.8) is 0 Å². The van der Waals surface area contributed by atoms with E-state index in [4.69, 9.17) is 9.47 Å². The third kappa shape index (κ3) is 3.60. The molecule has 0 bridgehead atoms. The number of rotatable bonds is 4. The van der Waals surface area contributed by atoms with Gasteiger partial charge in [0.1, 0.15) is 5.76 Å². The molecular weight excluding hydrogens is 312 g/mol. The van der Waals surface area contributed by atoms with E-state index in [2.05, 4.69) is 36.9 Å². The third-order valence-electron chi connectivity index (χ3n) is 4.59. The summed E-state index contributed by atoms with van der Waals surface area (Å²) < 4.78 is 11.2. The number of esters is 1. The topological polar surface area (TPSA) is 35.5 Å². The van der Waals surface area contributed by atoms with Crippen molar-refractivity contribution in [2.75, 3.05) is 0 Å². The van der Waals surface area contributed by atoms with Crippen LogP contribution in [-0.2, 0) is 14.3 Å². The highest BCUT2D eigenvalue weighted by Gasteiger charge is 2.34. The molecule has 130 valence electrons. The molecule has 0 amide bonds. The van der Waals surface area contributed by atoms with Gasteiger partial charge in [-0.3, -0.25) is 0 Å². The summed E-state index contributed by atoms with van der Waals surface area (Å²) in [7, 11) is 0. The van der Waals surface area contributed by atoms with Gasteiger partial charge in [0.2, 0.25) is 5.79 Å². The van der Waals surface area contributed by atoms with Crippen molar-refractivity contribution in [2.45, 2.75) is 45.8 Å². The minimum atomic E-state index is -0.936. The maximum Gasteiger partial charge on any atom is 0.340 e. The summed E-state index contributed by atoms with van der Waals surface area (Å²) >= 11 is 0. The molecule has 2 aromatic rings. The lowest BCUT2D eigenvalue weighted by molar-refractivity contribution is -0.208. The van der Waals surface area contributed by atoms with E-state index in [1.807, 2.05) is 19.1 Å². The van der Waals surface area contributed by atoms with Crippen LogP contribution in [0.15, 0.2) is 65.9 Å². The highest BCUT2D eigenvalue weighted by molar-refractivity contribution is 5.89. The largest absolute Gasteiger partial charge is 0.457 e. The number of carbonyl (C=O) groups is 1. The number of allylic oxidation sites excluding steroid dienone is 2. The van der Waals surface area contributed by atoms with Gasteiger partial charge < -0.3 is 9.47 Å². The molecule has 1 atom stereocenters. The van der Waals surface area contributed by atoms with E-state index in [1.54, 1.807) is 20.8 Å². The number of ether oxygens (including phenoxy) is 2. The van der Waals surface area contributed by atoms with Gasteiger partial charge in [0.15, 0.2) is 0 Å². The Hall–Kier alpha value is -2.55. The molecule has 25 heavy (non-hydrogen) atoms. The standard InChI is InChI=1S/C22H24O3/c1-14(2)19(13-20-15(3)21(23)25-22(4,5)24-20)18-11-10-16-8-6-7-9-17(16)12-18/h6-12,19H,1,13H2,2-5H3/t19-/m0/s1. The van der Waals surface area contributed by atoms with Crippen molar-refractivity contribution >= 4 is 16.7 Å². The summed E-state index contributed by atoms with van der Waals surface area (Å²) in [5, 5.41) is 2.40. The molecule has 0 saturated heterocycles. The van der Waals surface area contributed by atoms with Crippen LogP contribution in [-0.4, -0.2) is 11.8 Å². The van der Waals surface area contributed by atoms with Crippen LogP contribution >= 0.6 is 0 Å². The molecule has 1 aliphatic heterocycles. The van der Waals surface area contributed by atoms with Gasteiger partial charge in [-0.25, -0.2) is 4.79 Å². The first-order valence-corrected chi connectivity index (χ1v) is 8.53. The van der Waals surface area contributed by atoms with Crippen molar-refractivity contribution in [1.29, 1.82) is 0 Å². The third-order valence-corrected chi connectivity index (χ3v) is 4.59. The summed E-state index contributed by atoms with van der Waals surface area (Å²) in [6.07, 6.45) is 0.595. The fraction of sp³-hybridized carbons (Fsp3) is 0.318. The van der Waals surface area contributed by atoms with Crippen molar-refractivity contribution in [1.82, 2.24) is 0 Å². The zero-order valence-electron chi connectivity index (χ0n) is 15.3. The quantitative estimate of drug-likeness (QED) is 0.548. The van der Waals surface area contributed by atoms with Crippen LogP contribution in [0.5, 0.6) is 0 Å². The van der Waals surface area contributed by atoms with E-state index in [9.17, 15) is 4.79 Å². The highest BCUT2D eigenvalue weighted by atomic mass is 16.7. The van der Waals surface area contributed by atoms with Gasteiger partial charge in [0, 0.05) is 26.2 Å². The zero-order valence-corrected chi connectivity index (χ0v) is 15.3. The van der Waals surface area contributed by atoms with Crippen LogP contribution in [0.25, 0.3) is 10.8 Å². The molecule has 0 N–H and O–H groups in total. The predicted molar refractivity (Wildman–Crippen MR) is 100 cm³/mol. The lowest BCUT2D eigenvalue weighted by Crippen LogP contribution is -2.36. The lowest BCUT2D eigenvalue weighted by Gasteiger charge is -2.34. The summed E-state index contributed by atoms with van der Waals surface area (Å²) in [6, 6.07) is 14.7. The first kappa shape index (κ1) is 17.3. The summed E-state index contributed by atoms with van der Waals surface area (Å²) in [5.74, 6) is -0.488. The van der Waals surface area contributed by atoms with Crippen LogP contribution in [0.2, 0.25) is 0 Å². The molecule has 3 rings (SSSR count). The molecule has 0 unspecified atom stereocenters. The number of cyclic esters (lactones) is 1. The maximum atomic E-state index is 12.1. The molecule has 1 aliphatic rings. The van der Waals surface area contributed by atoms with Crippen molar-refractivity contribution in [2.24, 2.45) is 0 Å². The molecule has 2 aromatic carbocycles. The van der Waals surface area contributed by atoms with Gasteiger partial charge in [-0.1, -0.05) is 54.6 Å². The Bertz CT molecular complexity index is 874. The molecule has 3 nitrogen and oxygen atoms in total.